The molecular formula is C22H23F2NOS. The summed E-state index contributed by atoms with van der Waals surface area (Å²) in [6, 6.07) is 11.0. The number of Topliss-reactive ketones (excluding diaryl/α,β-unsaturated/α-hetero) is 1. The Morgan fingerprint density at radius 1 is 1.04 bits per heavy atom. The third-order valence-corrected chi connectivity index (χ3v) is 6.96. The number of ketones is 1. The molecule has 0 amide bonds. The normalized spacial score (nSPS) is 21.0. The lowest BCUT2D eigenvalue weighted by molar-refractivity contribution is 0.0829. The van der Waals surface area contributed by atoms with Crippen LogP contribution in [-0.2, 0) is 6.42 Å². The van der Waals surface area contributed by atoms with E-state index < -0.39 is 0 Å². The zero-order valence-electron chi connectivity index (χ0n) is 15.2. The monoisotopic (exact) mass is 387 g/mol. The number of piperidine rings is 1. The van der Waals surface area contributed by atoms with E-state index in [1.165, 1.54) is 23.1 Å². The molecule has 5 heteroatoms. The lowest BCUT2D eigenvalue weighted by Crippen LogP contribution is -2.40. The Hall–Kier alpha value is -1.72. The van der Waals surface area contributed by atoms with Gasteiger partial charge in [0.25, 0.3) is 0 Å². The van der Waals surface area contributed by atoms with Crippen LogP contribution in [0.4, 0.5) is 8.78 Å². The SMILES string of the molecule is O=C(c1ccc(F)cc1)C1CCN(CC2CSc3ccc(F)cc3C2)CC1. The topological polar surface area (TPSA) is 20.3 Å². The van der Waals surface area contributed by atoms with Crippen LogP contribution >= 0.6 is 11.8 Å². The van der Waals surface area contributed by atoms with Crippen molar-refractivity contribution in [1.29, 1.82) is 0 Å². The molecular weight excluding hydrogens is 364 g/mol. The molecule has 1 unspecified atom stereocenters. The maximum absolute atomic E-state index is 13.5. The molecule has 0 aromatic heterocycles. The molecule has 1 atom stereocenters. The van der Waals surface area contributed by atoms with Gasteiger partial charge >= 0.3 is 0 Å². The van der Waals surface area contributed by atoms with E-state index in [0.29, 0.717) is 11.5 Å². The molecule has 27 heavy (non-hydrogen) atoms. The minimum absolute atomic E-state index is 0.0299. The van der Waals surface area contributed by atoms with Crippen molar-refractivity contribution in [3.05, 3.63) is 65.2 Å². The highest BCUT2D eigenvalue weighted by atomic mass is 32.2. The van der Waals surface area contributed by atoms with Crippen molar-refractivity contribution in [2.24, 2.45) is 11.8 Å². The summed E-state index contributed by atoms with van der Waals surface area (Å²) in [6.07, 6.45) is 2.62. The molecule has 0 bridgehead atoms. The molecule has 2 heterocycles. The number of nitrogens with zero attached hydrogens (tertiary/aromatic N) is 1. The Morgan fingerprint density at radius 2 is 1.74 bits per heavy atom. The van der Waals surface area contributed by atoms with Crippen molar-refractivity contribution in [3.8, 4) is 0 Å². The van der Waals surface area contributed by atoms with Crippen LogP contribution in [0.15, 0.2) is 47.4 Å². The smallest absolute Gasteiger partial charge is 0.166 e. The van der Waals surface area contributed by atoms with E-state index in [-0.39, 0.29) is 23.3 Å². The molecule has 2 aromatic rings. The van der Waals surface area contributed by atoms with Gasteiger partial charge in [-0.05, 0) is 86.3 Å². The highest BCUT2D eigenvalue weighted by Crippen LogP contribution is 2.34. The van der Waals surface area contributed by atoms with E-state index in [9.17, 15) is 13.6 Å². The lowest BCUT2D eigenvalue weighted by atomic mass is 9.88. The van der Waals surface area contributed by atoms with Gasteiger partial charge < -0.3 is 4.90 Å². The fourth-order valence-corrected chi connectivity index (χ4v) is 5.27. The summed E-state index contributed by atoms with van der Waals surface area (Å²) in [6.45, 7) is 2.82. The van der Waals surface area contributed by atoms with E-state index in [0.717, 1.165) is 50.2 Å². The average molecular weight is 387 g/mol. The Kier molecular flexibility index (Phi) is 5.60. The standard InChI is InChI=1S/C22H23F2NOS/c23-19-3-1-16(2-4-19)22(26)17-7-9-25(10-8-17)13-15-11-18-12-20(24)5-6-21(18)27-14-15/h1-6,12,15,17H,7-11,13-14H2. The van der Waals surface area contributed by atoms with Gasteiger partial charge in [0.2, 0.25) is 0 Å². The van der Waals surface area contributed by atoms with E-state index in [1.54, 1.807) is 18.2 Å². The van der Waals surface area contributed by atoms with Gasteiger partial charge in [0.1, 0.15) is 11.6 Å². The largest absolute Gasteiger partial charge is 0.303 e. The van der Waals surface area contributed by atoms with Crippen molar-refractivity contribution in [1.82, 2.24) is 4.90 Å². The minimum atomic E-state index is -0.312. The van der Waals surface area contributed by atoms with Crippen LogP contribution < -0.4 is 0 Å². The number of hydrogen-bond donors (Lipinski definition) is 0. The molecule has 0 N–H and O–H groups in total. The maximum Gasteiger partial charge on any atom is 0.166 e. The zero-order valence-corrected chi connectivity index (χ0v) is 16.0. The van der Waals surface area contributed by atoms with Crippen molar-refractivity contribution in [3.63, 3.8) is 0 Å². The third kappa shape index (κ3) is 4.41. The van der Waals surface area contributed by atoms with Crippen LogP contribution in [0.1, 0.15) is 28.8 Å². The van der Waals surface area contributed by atoms with Gasteiger partial charge in [0.15, 0.2) is 5.78 Å². The summed E-state index contributed by atoms with van der Waals surface area (Å²) < 4.78 is 26.5. The molecule has 142 valence electrons. The first-order chi connectivity index (χ1) is 13.1. The quantitative estimate of drug-likeness (QED) is 0.702. The van der Waals surface area contributed by atoms with Crippen LogP contribution in [0, 0.1) is 23.5 Å². The minimum Gasteiger partial charge on any atom is -0.303 e. The molecule has 0 aliphatic carbocycles. The fourth-order valence-electron chi connectivity index (χ4n) is 4.14. The van der Waals surface area contributed by atoms with Crippen molar-refractivity contribution >= 4 is 17.5 Å². The molecule has 2 aromatic carbocycles. The van der Waals surface area contributed by atoms with Gasteiger partial charge in [-0.15, -0.1) is 11.8 Å². The number of rotatable bonds is 4. The van der Waals surface area contributed by atoms with Gasteiger partial charge in [-0.1, -0.05) is 0 Å². The van der Waals surface area contributed by atoms with E-state index in [2.05, 4.69) is 4.90 Å². The molecule has 1 fully saturated rings. The van der Waals surface area contributed by atoms with Gasteiger partial charge in [-0.3, -0.25) is 4.79 Å². The Balaban J connectivity index is 1.30. The van der Waals surface area contributed by atoms with Crippen LogP contribution in [0.5, 0.6) is 0 Å². The van der Waals surface area contributed by atoms with Crippen molar-refractivity contribution < 1.29 is 13.6 Å². The van der Waals surface area contributed by atoms with E-state index in [4.69, 9.17) is 0 Å². The third-order valence-electron chi connectivity index (χ3n) is 5.61. The molecule has 2 nitrogen and oxygen atoms in total. The summed E-state index contributed by atoms with van der Waals surface area (Å²) in [7, 11) is 0. The highest BCUT2D eigenvalue weighted by molar-refractivity contribution is 7.99. The molecule has 0 radical (unpaired) electrons. The zero-order chi connectivity index (χ0) is 18.8. The number of benzene rings is 2. The number of halogens is 2. The summed E-state index contributed by atoms with van der Waals surface area (Å²) in [5.41, 5.74) is 1.73. The predicted molar refractivity (Wildman–Crippen MR) is 104 cm³/mol. The van der Waals surface area contributed by atoms with Gasteiger partial charge in [0, 0.05) is 28.7 Å². The lowest BCUT2D eigenvalue weighted by Gasteiger charge is -2.35. The maximum atomic E-state index is 13.5. The average Bonchev–Trinajstić information content (AvgIpc) is 2.68. The van der Waals surface area contributed by atoms with E-state index in [1.807, 2.05) is 17.8 Å². The van der Waals surface area contributed by atoms with Gasteiger partial charge in [0.05, 0.1) is 0 Å². The number of hydrogen-bond acceptors (Lipinski definition) is 3. The Labute approximate surface area is 163 Å². The van der Waals surface area contributed by atoms with Crippen LogP contribution in [0.25, 0.3) is 0 Å². The summed E-state index contributed by atoms with van der Waals surface area (Å²) in [5.74, 6) is 1.28. The van der Waals surface area contributed by atoms with Crippen LogP contribution in [0.2, 0.25) is 0 Å². The highest BCUT2D eigenvalue weighted by Gasteiger charge is 2.28. The van der Waals surface area contributed by atoms with Gasteiger partial charge in [-0.25, -0.2) is 8.78 Å². The number of carbonyl (C=O) groups is 1. The summed E-state index contributed by atoms with van der Waals surface area (Å²) >= 11 is 1.82. The number of likely N-dealkylation sites (tertiary alicyclic amines) is 1. The second kappa shape index (κ2) is 8.11. The Bertz CT molecular complexity index is 816. The second-order valence-corrected chi connectivity index (χ2v) is 8.64. The predicted octanol–water partition coefficient (Wildman–Crippen LogP) is 4.82. The number of thioether (sulfide) groups is 1. The van der Waals surface area contributed by atoms with Crippen LogP contribution in [0.3, 0.4) is 0 Å². The van der Waals surface area contributed by atoms with Crippen LogP contribution in [-0.4, -0.2) is 36.1 Å². The van der Waals surface area contributed by atoms with Gasteiger partial charge in [-0.2, -0.15) is 0 Å². The first kappa shape index (κ1) is 18.6. The first-order valence-corrected chi connectivity index (χ1v) is 10.5. The van der Waals surface area contributed by atoms with Crippen molar-refractivity contribution in [2.45, 2.75) is 24.2 Å². The second-order valence-electron chi connectivity index (χ2n) is 7.58. The molecule has 2 aliphatic rings. The number of fused-ring (bicyclic) bond motifs is 1. The molecule has 4 rings (SSSR count). The molecule has 1 saturated heterocycles. The molecule has 0 saturated carbocycles. The van der Waals surface area contributed by atoms with E-state index >= 15 is 0 Å². The Morgan fingerprint density at radius 3 is 2.48 bits per heavy atom. The number of carbonyl (C=O) groups excluding carboxylic acids is 1. The first-order valence-electron chi connectivity index (χ1n) is 9.52. The molecule has 0 spiro atoms. The fraction of sp³-hybridized carbons (Fsp3) is 0.409. The summed E-state index contributed by atoms with van der Waals surface area (Å²) in [5, 5.41) is 0. The molecule has 2 aliphatic heterocycles. The van der Waals surface area contributed by atoms with Crippen molar-refractivity contribution in [2.75, 3.05) is 25.4 Å². The summed E-state index contributed by atoms with van der Waals surface area (Å²) in [4.78, 5) is 16.2.